The first-order chi connectivity index (χ1) is 12.0. The number of aliphatic hydroxyl groups excluding tert-OH is 1. The molecule has 0 aliphatic heterocycles. The molecule has 0 amide bonds. The topological polar surface area (TPSA) is 103 Å². The first kappa shape index (κ1) is 25.9. The van der Waals surface area contributed by atoms with Crippen LogP contribution >= 0.6 is 24.0 Å². The van der Waals surface area contributed by atoms with E-state index < -0.39 is 10.0 Å². The van der Waals surface area contributed by atoms with Crippen LogP contribution in [0.1, 0.15) is 58.8 Å². The third-order valence-electron chi connectivity index (χ3n) is 4.82. The van der Waals surface area contributed by atoms with Gasteiger partial charge in [0.25, 0.3) is 0 Å². The molecule has 7 nitrogen and oxygen atoms in total. The normalized spacial score (nSPS) is 17.4. The fourth-order valence-corrected chi connectivity index (χ4v) is 3.90. The lowest BCUT2D eigenvalue weighted by Gasteiger charge is -2.35. The van der Waals surface area contributed by atoms with Gasteiger partial charge in [-0.2, -0.15) is 0 Å². The molecule has 1 saturated carbocycles. The molecule has 0 aromatic heterocycles. The highest BCUT2D eigenvalue weighted by Crippen LogP contribution is 2.39. The first-order valence-electron chi connectivity index (χ1n) is 9.57. The molecule has 26 heavy (non-hydrogen) atoms. The molecular formula is C17H37IN4O3S. The molecule has 1 rings (SSSR count). The summed E-state index contributed by atoms with van der Waals surface area (Å²) in [6.07, 6.45) is 7.50. The molecule has 0 aromatic rings. The minimum absolute atomic E-state index is 0. The average Bonchev–Trinajstić information content (AvgIpc) is 2.60. The van der Waals surface area contributed by atoms with Crippen molar-refractivity contribution < 1.29 is 13.5 Å². The van der Waals surface area contributed by atoms with Gasteiger partial charge >= 0.3 is 0 Å². The SMILES string of the molecule is CCNC(=NCC1(CCO)CCCCC1)NCCCNS(=O)(=O)CC.I. The second-order valence-electron chi connectivity index (χ2n) is 6.81. The summed E-state index contributed by atoms with van der Waals surface area (Å²) in [6, 6.07) is 0. The highest BCUT2D eigenvalue weighted by atomic mass is 127. The van der Waals surface area contributed by atoms with E-state index in [2.05, 4.69) is 15.4 Å². The summed E-state index contributed by atoms with van der Waals surface area (Å²) in [7, 11) is -3.12. The van der Waals surface area contributed by atoms with E-state index >= 15 is 0 Å². The zero-order valence-corrected chi connectivity index (χ0v) is 19.4. The number of aliphatic imine (C=N–C) groups is 1. The quantitative estimate of drug-likeness (QED) is 0.149. The maximum atomic E-state index is 11.4. The van der Waals surface area contributed by atoms with Gasteiger partial charge in [0, 0.05) is 32.8 Å². The van der Waals surface area contributed by atoms with Crippen molar-refractivity contribution in [2.24, 2.45) is 10.4 Å². The van der Waals surface area contributed by atoms with E-state index in [1.165, 1.54) is 19.3 Å². The van der Waals surface area contributed by atoms with Crippen LogP contribution in [0.15, 0.2) is 4.99 Å². The molecule has 1 aliphatic rings. The molecule has 0 heterocycles. The molecule has 0 saturated heterocycles. The summed E-state index contributed by atoms with van der Waals surface area (Å²) in [6.45, 7) is 6.46. The average molecular weight is 504 g/mol. The number of halogens is 1. The minimum atomic E-state index is -3.12. The van der Waals surface area contributed by atoms with Crippen LogP contribution in [0.5, 0.6) is 0 Å². The van der Waals surface area contributed by atoms with E-state index in [0.717, 1.165) is 38.3 Å². The van der Waals surface area contributed by atoms with Crippen LogP contribution in [0.4, 0.5) is 0 Å². The molecule has 1 fully saturated rings. The van der Waals surface area contributed by atoms with Gasteiger partial charge in [-0.05, 0) is 44.9 Å². The Labute approximate surface area is 176 Å². The Balaban J connectivity index is 0.00000625. The summed E-state index contributed by atoms with van der Waals surface area (Å²) >= 11 is 0. The van der Waals surface area contributed by atoms with Crippen molar-refractivity contribution in [3.8, 4) is 0 Å². The lowest BCUT2D eigenvalue weighted by Crippen LogP contribution is -2.40. The Bertz CT molecular complexity index is 489. The second-order valence-corrected chi connectivity index (χ2v) is 8.90. The number of nitrogens with one attached hydrogen (secondary N) is 3. The summed E-state index contributed by atoms with van der Waals surface area (Å²) < 4.78 is 25.3. The van der Waals surface area contributed by atoms with Crippen molar-refractivity contribution in [2.75, 3.05) is 38.5 Å². The van der Waals surface area contributed by atoms with E-state index in [9.17, 15) is 13.5 Å². The van der Waals surface area contributed by atoms with Crippen LogP contribution < -0.4 is 15.4 Å². The van der Waals surface area contributed by atoms with Gasteiger partial charge in [0.2, 0.25) is 10.0 Å². The number of hydrogen-bond acceptors (Lipinski definition) is 4. The van der Waals surface area contributed by atoms with Gasteiger partial charge in [-0.15, -0.1) is 24.0 Å². The highest BCUT2D eigenvalue weighted by molar-refractivity contribution is 14.0. The van der Waals surface area contributed by atoms with Gasteiger partial charge < -0.3 is 15.7 Å². The summed E-state index contributed by atoms with van der Waals surface area (Å²) in [5, 5.41) is 15.9. The van der Waals surface area contributed by atoms with E-state index in [0.29, 0.717) is 19.5 Å². The Morgan fingerprint density at radius 3 is 2.38 bits per heavy atom. The van der Waals surface area contributed by atoms with Crippen LogP contribution in [0.2, 0.25) is 0 Å². The monoisotopic (exact) mass is 504 g/mol. The largest absolute Gasteiger partial charge is 0.396 e. The third-order valence-corrected chi connectivity index (χ3v) is 6.23. The predicted octanol–water partition coefficient (Wildman–Crippen LogP) is 1.82. The number of aliphatic hydroxyl groups is 1. The van der Waals surface area contributed by atoms with Gasteiger partial charge in [-0.1, -0.05) is 19.3 Å². The molecule has 0 aromatic carbocycles. The van der Waals surface area contributed by atoms with Crippen LogP contribution in [-0.2, 0) is 10.0 Å². The molecule has 1 aliphatic carbocycles. The van der Waals surface area contributed by atoms with E-state index in [1.807, 2.05) is 6.92 Å². The van der Waals surface area contributed by atoms with Crippen LogP contribution in [0, 0.1) is 5.41 Å². The van der Waals surface area contributed by atoms with Gasteiger partial charge in [-0.25, -0.2) is 13.1 Å². The third kappa shape index (κ3) is 10.3. The first-order valence-corrected chi connectivity index (χ1v) is 11.2. The van der Waals surface area contributed by atoms with Crippen LogP contribution in [0.25, 0.3) is 0 Å². The molecule has 0 unspecified atom stereocenters. The van der Waals surface area contributed by atoms with Crippen molar-refractivity contribution in [1.29, 1.82) is 0 Å². The Hall–Kier alpha value is -0.130. The lowest BCUT2D eigenvalue weighted by atomic mass is 9.72. The molecule has 0 spiro atoms. The Morgan fingerprint density at radius 1 is 1.12 bits per heavy atom. The standard InChI is InChI=1S/C17H36N4O3S.HI/c1-3-18-16(19-12-8-13-21-25(23,24)4-2)20-15-17(11-14-22)9-6-5-7-10-17;/h21-22H,3-15H2,1-2H3,(H2,18,19,20);1H. The van der Waals surface area contributed by atoms with Crippen LogP contribution in [-0.4, -0.2) is 58.0 Å². The van der Waals surface area contributed by atoms with E-state index in [4.69, 9.17) is 4.99 Å². The van der Waals surface area contributed by atoms with Gasteiger partial charge in [0.1, 0.15) is 0 Å². The van der Waals surface area contributed by atoms with Gasteiger partial charge in [0.05, 0.1) is 5.75 Å². The van der Waals surface area contributed by atoms with Crippen LogP contribution in [0.3, 0.4) is 0 Å². The fraction of sp³-hybridized carbons (Fsp3) is 0.941. The maximum Gasteiger partial charge on any atom is 0.211 e. The summed E-state index contributed by atoms with van der Waals surface area (Å²) in [5.41, 5.74) is 0.131. The fourth-order valence-electron chi connectivity index (χ4n) is 3.24. The van der Waals surface area contributed by atoms with Crippen molar-refractivity contribution in [3.05, 3.63) is 0 Å². The number of guanidine groups is 1. The second kappa shape index (κ2) is 14.0. The Morgan fingerprint density at radius 2 is 1.81 bits per heavy atom. The zero-order chi connectivity index (χ0) is 18.6. The van der Waals surface area contributed by atoms with E-state index in [1.54, 1.807) is 6.92 Å². The summed E-state index contributed by atoms with van der Waals surface area (Å²) in [4.78, 5) is 4.74. The maximum absolute atomic E-state index is 11.4. The minimum Gasteiger partial charge on any atom is -0.396 e. The van der Waals surface area contributed by atoms with Crippen molar-refractivity contribution in [1.82, 2.24) is 15.4 Å². The number of rotatable bonds is 11. The molecule has 4 N–H and O–H groups in total. The van der Waals surface area contributed by atoms with Crippen molar-refractivity contribution >= 4 is 40.0 Å². The molecule has 9 heteroatoms. The number of nitrogens with zero attached hydrogens (tertiary/aromatic N) is 1. The number of sulfonamides is 1. The zero-order valence-electron chi connectivity index (χ0n) is 16.2. The molecular weight excluding hydrogens is 467 g/mol. The molecule has 0 atom stereocenters. The lowest BCUT2D eigenvalue weighted by molar-refractivity contribution is 0.137. The molecule has 0 bridgehead atoms. The smallest absolute Gasteiger partial charge is 0.211 e. The van der Waals surface area contributed by atoms with Gasteiger partial charge in [0.15, 0.2) is 5.96 Å². The predicted molar refractivity (Wildman–Crippen MR) is 119 cm³/mol. The molecule has 156 valence electrons. The highest BCUT2D eigenvalue weighted by Gasteiger charge is 2.31. The summed E-state index contributed by atoms with van der Waals surface area (Å²) in [5.74, 6) is 0.876. The molecule has 0 radical (unpaired) electrons. The van der Waals surface area contributed by atoms with Crippen molar-refractivity contribution in [2.45, 2.75) is 58.8 Å². The van der Waals surface area contributed by atoms with E-state index in [-0.39, 0.29) is 41.8 Å². The number of hydrogen-bond donors (Lipinski definition) is 4. The van der Waals surface area contributed by atoms with Crippen molar-refractivity contribution in [3.63, 3.8) is 0 Å². The van der Waals surface area contributed by atoms with Gasteiger partial charge in [-0.3, -0.25) is 4.99 Å². The Kier molecular flexibility index (Phi) is 13.9.